The molecule has 0 aliphatic carbocycles. The number of hydrogen-bond donors (Lipinski definition) is 3. The number of para-hydroxylation sites is 2. The first-order valence-corrected chi connectivity index (χ1v) is 12.8. The van der Waals surface area contributed by atoms with E-state index >= 15 is 0 Å². The molecule has 2 aromatic heterocycles. The second-order valence-corrected chi connectivity index (χ2v) is 10.9. The number of H-pyrrole nitrogens is 2. The molecule has 5 aromatic rings. The average Bonchev–Trinajstić information content (AvgIpc) is 3.36. The lowest BCUT2D eigenvalue weighted by atomic mass is 10.2. The number of nitrogens with one attached hydrogen (secondary N) is 3. The Bertz CT molecular complexity index is 1670. The second kappa shape index (κ2) is 7.18. The lowest BCUT2D eigenvalue weighted by Gasteiger charge is -2.11. The van der Waals surface area contributed by atoms with Crippen molar-refractivity contribution < 1.29 is 16.8 Å². The van der Waals surface area contributed by atoms with Gasteiger partial charge in [0.05, 0.1) is 21.4 Å². The number of sulfone groups is 1. The van der Waals surface area contributed by atoms with Gasteiger partial charge >= 0.3 is 0 Å². The summed E-state index contributed by atoms with van der Waals surface area (Å²) in [4.78, 5) is 7.18. The van der Waals surface area contributed by atoms with Crippen LogP contribution in [0, 0.1) is 0 Å². The number of benzene rings is 3. The highest BCUT2D eigenvalue weighted by molar-refractivity contribution is 7.95. The van der Waals surface area contributed by atoms with Gasteiger partial charge in [-0.15, -0.1) is 0 Å². The first-order chi connectivity index (χ1) is 15.2. The molecule has 0 aliphatic rings. The van der Waals surface area contributed by atoms with Crippen LogP contribution in [0.3, 0.4) is 0 Å². The van der Waals surface area contributed by atoms with Crippen LogP contribution in [0.2, 0.25) is 0 Å². The highest BCUT2D eigenvalue weighted by Gasteiger charge is 2.24. The quantitative estimate of drug-likeness (QED) is 0.363. The van der Waals surface area contributed by atoms with E-state index in [-0.39, 0.29) is 15.5 Å². The monoisotopic (exact) mass is 467 g/mol. The van der Waals surface area contributed by atoms with Crippen LogP contribution in [-0.2, 0) is 19.9 Å². The number of aromatic amines is 2. The smallest absolute Gasteiger partial charge is 0.263 e. The molecule has 0 fully saturated rings. The predicted octanol–water partition coefficient (Wildman–Crippen LogP) is 3.31. The van der Waals surface area contributed by atoms with E-state index in [0.717, 1.165) is 17.3 Å². The topological polar surface area (TPSA) is 138 Å². The molecule has 2 heterocycles. The minimum Gasteiger partial charge on any atom is -0.337 e. The van der Waals surface area contributed by atoms with Crippen LogP contribution < -0.4 is 4.72 Å². The van der Waals surface area contributed by atoms with Crippen molar-refractivity contribution in [2.75, 3.05) is 11.0 Å². The van der Waals surface area contributed by atoms with Gasteiger partial charge in [0.2, 0.25) is 0 Å². The summed E-state index contributed by atoms with van der Waals surface area (Å²) in [5.74, 6) is 0.542. The maximum Gasteiger partial charge on any atom is 0.263 e. The number of sulfonamides is 1. The molecule has 11 heteroatoms. The van der Waals surface area contributed by atoms with Crippen LogP contribution in [0.15, 0.2) is 76.5 Å². The molecule has 0 saturated heterocycles. The van der Waals surface area contributed by atoms with Crippen molar-refractivity contribution in [3.05, 3.63) is 66.7 Å². The summed E-state index contributed by atoms with van der Waals surface area (Å²) in [5.41, 5.74) is 3.13. The van der Waals surface area contributed by atoms with Crippen molar-refractivity contribution in [1.82, 2.24) is 20.2 Å². The average molecular weight is 468 g/mol. The van der Waals surface area contributed by atoms with Gasteiger partial charge in [0, 0.05) is 17.3 Å². The second-order valence-electron chi connectivity index (χ2n) is 7.26. The van der Waals surface area contributed by atoms with Gasteiger partial charge in [0.15, 0.2) is 15.7 Å². The van der Waals surface area contributed by atoms with Crippen molar-refractivity contribution in [2.24, 2.45) is 0 Å². The standard InChI is InChI=1S/C21H17N5O4S2/c1-31(27,28)18-8-4-5-9-19(18)32(29,30)26-13-10-11-15-14(12-13)20(25-24-15)21-22-16-6-2-3-7-17(16)23-21/h2-12,26H,1H3,(H,22,23)(H,24,25). The number of aromatic nitrogens is 4. The van der Waals surface area contributed by atoms with Gasteiger partial charge in [-0.05, 0) is 42.5 Å². The SMILES string of the molecule is CS(=O)(=O)c1ccccc1S(=O)(=O)Nc1ccc2[nH]nc(-c3nc4ccccc4[nH]3)c2c1. The zero-order valence-electron chi connectivity index (χ0n) is 16.7. The fourth-order valence-electron chi connectivity index (χ4n) is 3.51. The summed E-state index contributed by atoms with van der Waals surface area (Å²) >= 11 is 0. The Kier molecular flexibility index (Phi) is 4.53. The van der Waals surface area contributed by atoms with Crippen molar-refractivity contribution >= 4 is 47.5 Å². The summed E-state index contributed by atoms with van der Waals surface area (Å²) in [7, 11) is -7.90. The van der Waals surface area contributed by atoms with Gasteiger partial charge in [-0.25, -0.2) is 21.8 Å². The number of nitrogens with zero attached hydrogens (tertiary/aromatic N) is 2. The fraction of sp³-hybridized carbons (Fsp3) is 0.0476. The third-order valence-corrected chi connectivity index (χ3v) is 7.69. The van der Waals surface area contributed by atoms with E-state index < -0.39 is 19.9 Å². The zero-order chi connectivity index (χ0) is 22.5. The predicted molar refractivity (Wildman–Crippen MR) is 122 cm³/mol. The minimum absolute atomic E-state index is 0.263. The third-order valence-electron chi connectivity index (χ3n) is 4.97. The van der Waals surface area contributed by atoms with Crippen molar-refractivity contribution in [3.63, 3.8) is 0 Å². The van der Waals surface area contributed by atoms with Crippen LogP contribution in [0.5, 0.6) is 0 Å². The summed E-state index contributed by atoms with van der Waals surface area (Å²) in [6, 6.07) is 17.9. The van der Waals surface area contributed by atoms with Gasteiger partial charge in [0.1, 0.15) is 10.6 Å². The van der Waals surface area contributed by atoms with Crippen LogP contribution >= 0.6 is 0 Å². The normalized spacial score (nSPS) is 12.4. The molecule has 0 bridgehead atoms. The van der Waals surface area contributed by atoms with E-state index in [9.17, 15) is 16.8 Å². The van der Waals surface area contributed by atoms with Gasteiger partial charge in [-0.3, -0.25) is 9.82 Å². The molecule has 0 spiro atoms. The van der Waals surface area contributed by atoms with E-state index in [1.165, 1.54) is 24.3 Å². The molecule has 0 radical (unpaired) electrons. The molecule has 162 valence electrons. The first kappa shape index (κ1) is 20.2. The molecule has 9 nitrogen and oxygen atoms in total. The molecule has 0 aliphatic heterocycles. The molecule has 3 N–H and O–H groups in total. The Balaban J connectivity index is 1.57. The first-order valence-electron chi connectivity index (χ1n) is 9.47. The Morgan fingerprint density at radius 2 is 1.56 bits per heavy atom. The molecule has 0 atom stereocenters. The number of imidazole rings is 1. The number of anilines is 1. The Morgan fingerprint density at radius 1 is 0.844 bits per heavy atom. The van der Waals surface area contributed by atoms with Crippen LogP contribution in [0.25, 0.3) is 33.5 Å². The molecule has 0 amide bonds. The van der Waals surface area contributed by atoms with E-state index in [2.05, 4.69) is 24.9 Å². The summed E-state index contributed by atoms with van der Waals surface area (Å²) in [6.07, 6.45) is 0.971. The molecular weight excluding hydrogens is 450 g/mol. The molecule has 0 saturated carbocycles. The van der Waals surface area contributed by atoms with Gasteiger partial charge < -0.3 is 4.98 Å². The maximum atomic E-state index is 13.0. The molecule has 32 heavy (non-hydrogen) atoms. The van der Waals surface area contributed by atoms with E-state index in [0.29, 0.717) is 22.4 Å². The minimum atomic E-state index is -4.16. The largest absolute Gasteiger partial charge is 0.337 e. The Labute approximate surface area is 183 Å². The summed E-state index contributed by atoms with van der Waals surface area (Å²) in [5, 5.41) is 7.90. The number of hydrogen-bond acceptors (Lipinski definition) is 6. The maximum absolute atomic E-state index is 13.0. The summed E-state index contributed by atoms with van der Waals surface area (Å²) in [6.45, 7) is 0. The van der Waals surface area contributed by atoms with Crippen LogP contribution in [-0.4, -0.2) is 43.3 Å². The Hall–Kier alpha value is -3.70. The van der Waals surface area contributed by atoms with Gasteiger partial charge in [-0.1, -0.05) is 24.3 Å². The highest BCUT2D eigenvalue weighted by atomic mass is 32.2. The Morgan fingerprint density at radius 3 is 2.31 bits per heavy atom. The van der Waals surface area contributed by atoms with Crippen LogP contribution in [0.4, 0.5) is 5.69 Å². The van der Waals surface area contributed by atoms with E-state index in [4.69, 9.17) is 0 Å². The number of fused-ring (bicyclic) bond motifs is 2. The fourth-order valence-corrected chi connectivity index (χ4v) is 6.19. The lowest BCUT2D eigenvalue weighted by molar-refractivity contribution is 0.588. The highest BCUT2D eigenvalue weighted by Crippen LogP contribution is 2.30. The van der Waals surface area contributed by atoms with E-state index in [1.807, 2.05) is 24.3 Å². The van der Waals surface area contributed by atoms with Crippen molar-refractivity contribution in [1.29, 1.82) is 0 Å². The molecule has 5 rings (SSSR count). The summed E-state index contributed by atoms with van der Waals surface area (Å²) < 4.78 is 52.6. The molecule has 3 aromatic carbocycles. The lowest BCUT2D eigenvalue weighted by Crippen LogP contribution is -2.16. The number of rotatable bonds is 5. The van der Waals surface area contributed by atoms with Crippen molar-refractivity contribution in [3.8, 4) is 11.5 Å². The van der Waals surface area contributed by atoms with Gasteiger partial charge in [0.25, 0.3) is 10.0 Å². The molecular formula is C21H17N5O4S2. The van der Waals surface area contributed by atoms with E-state index in [1.54, 1.807) is 18.2 Å². The third kappa shape index (κ3) is 3.51. The van der Waals surface area contributed by atoms with Gasteiger partial charge in [-0.2, -0.15) is 5.10 Å². The molecule has 0 unspecified atom stereocenters. The zero-order valence-corrected chi connectivity index (χ0v) is 18.3. The van der Waals surface area contributed by atoms with Crippen LogP contribution in [0.1, 0.15) is 0 Å². The van der Waals surface area contributed by atoms with Crippen molar-refractivity contribution in [2.45, 2.75) is 9.79 Å².